The highest BCUT2D eigenvalue weighted by atomic mass is 16.2. The summed E-state index contributed by atoms with van der Waals surface area (Å²) in [5.74, 6) is 1.96. The Kier molecular flexibility index (Phi) is 5.46. The first-order chi connectivity index (χ1) is 13.6. The van der Waals surface area contributed by atoms with E-state index in [1.807, 2.05) is 43.0 Å². The molecule has 2 aliphatic heterocycles. The van der Waals surface area contributed by atoms with Crippen molar-refractivity contribution >= 4 is 17.7 Å². The molecule has 0 atom stereocenters. The van der Waals surface area contributed by atoms with Gasteiger partial charge in [-0.2, -0.15) is 4.98 Å². The molecule has 0 spiro atoms. The Balaban J connectivity index is 1.44. The van der Waals surface area contributed by atoms with E-state index in [4.69, 9.17) is 4.98 Å². The second-order valence-corrected chi connectivity index (χ2v) is 7.81. The molecule has 0 saturated carbocycles. The van der Waals surface area contributed by atoms with Crippen LogP contribution in [0.25, 0.3) is 0 Å². The Hall–Kier alpha value is -2.63. The molecule has 2 saturated heterocycles. The van der Waals surface area contributed by atoms with Gasteiger partial charge >= 0.3 is 0 Å². The van der Waals surface area contributed by atoms with Crippen LogP contribution in [0.1, 0.15) is 40.9 Å². The lowest BCUT2D eigenvalue weighted by Crippen LogP contribution is -2.49. The van der Waals surface area contributed by atoms with Crippen LogP contribution >= 0.6 is 0 Å². The summed E-state index contributed by atoms with van der Waals surface area (Å²) < 4.78 is 0. The van der Waals surface area contributed by atoms with Gasteiger partial charge in [0.15, 0.2) is 0 Å². The lowest BCUT2D eigenvalue weighted by Gasteiger charge is -2.35. The van der Waals surface area contributed by atoms with Gasteiger partial charge in [0.1, 0.15) is 5.82 Å². The first kappa shape index (κ1) is 18.7. The Labute approximate surface area is 167 Å². The predicted octanol–water partition coefficient (Wildman–Crippen LogP) is 3.05. The molecule has 28 heavy (non-hydrogen) atoms. The number of amides is 1. The number of aryl methyl sites for hydroxylation is 2. The van der Waals surface area contributed by atoms with Gasteiger partial charge in [0.05, 0.1) is 0 Å². The molecule has 1 aromatic carbocycles. The summed E-state index contributed by atoms with van der Waals surface area (Å²) in [5.41, 5.74) is 2.84. The van der Waals surface area contributed by atoms with Gasteiger partial charge in [-0.25, -0.2) is 4.98 Å². The zero-order valence-electron chi connectivity index (χ0n) is 16.9. The molecule has 6 heteroatoms. The predicted molar refractivity (Wildman–Crippen MR) is 112 cm³/mol. The number of piperazine rings is 1. The number of benzene rings is 1. The van der Waals surface area contributed by atoms with Crippen LogP contribution in [0.3, 0.4) is 0 Å². The van der Waals surface area contributed by atoms with Crippen LogP contribution in [-0.2, 0) is 0 Å². The number of carbonyl (C=O) groups excluding carboxylic acids is 1. The summed E-state index contributed by atoms with van der Waals surface area (Å²) in [6.07, 6.45) is 3.78. The van der Waals surface area contributed by atoms with Crippen LogP contribution < -0.4 is 9.80 Å². The van der Waals surface area contributed by atoms with Crippen LogP contribution in [0.15, 0.2) is 30.3 Å². The lowest BCUT2D eigenvalue weighted by molar-refractivity contribution is 0.0745. The zero-order valence-corrected chi connectivity index (χ0v) is 16.9. The van der Waals surface area contributed by atoms with Crippen molar-refractivity contribution in [3.05, 3.63) is 47.2 Å². The largest absolute Gasteiger partial charge is 0.356 e. The maximum Gasteiger partial charge on any atom is 0.254 e. The summed E-state index contributed by atoms with van der Waals surface area (Å²) in [6.45, 7) is 9.11. The smallest absolute Gasteiger partial charge is 0.254 e. The molecule has 3 heterocycles. The summed E-state index contributed by atoms with van der Waals surface area (Å²) in [6, 6.07) is 9.90. The maximum atomic E-state index is 12.8. The molecular formula is C22H29N5O. The number of anilines is 2. The Morgan fingerprint density at radius 1 is 0.857 bits per heavy atom. The van der Waals surface area contributed by atoms with E-state index in [2.05, 4.69) is 20.9 Å². The number of hydrogen-bond acceptors (Lipinski definition) is 5. The van der Waals surface area contributed by atoms with Crippen LogP contribution in [-0.4, -0.2) is 60.0 Å². The molecule has 0 unspecified atom stereocenters. The van der Waals surface area contributed by atoms with Crippen molar-refractivity contribution in [2.24, 2.45) is 0 Å². The van der Waals surface area contributed by atoms with Crippen molar-refractivity contribution in [1.82, 2.24) is 14.9 Å². The number of carbonyl (C=O) groups is 1. The Morgan fingerprint density at radius 2 is 1.57 bits per heavy atom. The molecule has 2 aliphatic rings. The van der Waals surface area contributed by atoms with E-state index in [0.29, 0.717) is 13.1 Å². The fourth-order valence-corrected chi connectivity index (χ4v) is 4.06. The van der Waals surface area contributed by atoms with Crippen molar-refractivity contribution in [3.8, 4) is 0 Å². The van der Waals surface area contributed by atoms with Crippen molar-refractivity contribution in [2.75, 3.05) is 49.1 Å². The van der Waals surface area contributed by atoms with Gasteiger partial charge in [-0.3, -0.25) is 4.79 Å². The molecule has 0 radical (unpaired) electrons. The van der Waals surface area contributed by atoms with Gasteiger partial charge in [0.25, 0.3) is 5.91 Å². The van der Waals surface area contributed by atoms with Gasteiger partial charge in [0.2, 0.25) is 5.95 Å². The van der Waals surface area contributed by atoms with Crippen molar-refractivity contribution in [3.63, 3.8) is 0 Å². The number of aromatic nitrogens is 2. The van der Waals surface area contributed by atoms with E-state index in [1.54, 1.807) is 0 Å². The van der Waals surface area contributed by atoms with Crippen molar-refractivity contribution < 1.29 is 4.79 Å². The summed E-state index contributed by atoms with van der Waals surface area (Å²) >= 11 is 0. The molecule has 6 nitrogen and oxygen atoms in total. The van der Waals surface area contributed by atoms with Crippen molar-refractivity contribution in [1.29, 1.82) is 0 Å². The minimum Gasteiger partial charge on any atom is -0.356 e. The topological polar surface area (TPSA) is 52.6 Å². The minimum atomic E-state index is 0.122. The second kappa shape index (κ2) is 8.17. The third kappa shape index (κ3) is 3.96. The average Bonchev–Trinajstić information content (AvgIpc) is 2.74. The number of nitrogens with zero attached hydrogens (tertiary/aromatic N) is 5. The normalized spacial score (nSPS) is 17.7. The number of hydrogen-bond donors (Lipinski definition) is 0. The highest BCUT2D eigenvalue weighted by Crippen LogP contribution is 2.22. The van der Waals surface area contributed by atoms with E-state index in [1.165, 1.54) is 19.3 Å². The van der Waals surface area contributed by atoms with E-state index >= 15 is 0 Å². The first-order valence-corrected chi connectivity index (χ1v) is 10.3. The maximum absolute atomic E-state index is 12.8. The summed E-state index contributed by atoms with van der Waals surface area (Å²) in [7, 11) is 0. The van der Waals surface area contributed by atoms with Crippen LogP contribution in [0.2, 0.25) is 0 Å². The van der Waals surface area contributed by atoms with E-state index in [9.17, 15) is 4.79 Å². The molecule has 1 amide bonds. The Bertz CT molecular complexity index is 839. The zero-order chi connectivity index (χ0) is 19.5. The van der Waals surface area contributed by atoms with E-state index in [0.717, 1.165) is 54.8 Å². The Morgan fingerprint density at radius 3 is 2.29 bits per heavy atom. The fourth-order valence-electron chi connectivity index (χ4n) is 4.06. The van der Waals surface area contributed by atoms with E-state index < -0.39 is 0 Å². The molecule has 0 aliphatic carbocycles. The molecule has 148 valence electrons. The third-order valence-electron chi connectivity index (χ3n) is 5.73. The first-order valence-electron chi connectivity index (χ1n) is 10.3. The number of piperidine rings is 1. The summed E-state index contributed by atoms with van der Waals surface area (Å²) in [4.78, 5) is 28.9. The molecule has 0 N–H and O–H groups in total. The van der Waals surface area contributed by atoms with E-state index in [-0.39, 0.29) is 5.91 Å². The molecule has 1 aromatic heterocycles. The lowest BCUT2D eigenvalue weighted by atomic mass is 10.1. The molecular weight excluding hydrogens is 350 g/mol. The van der Waals surface area contributed by atoms with Crippen LogP contribution in [0.5, 0.6) is 0 Å². The standard InChI is InChI=1S/C22H29N5O/c1-17-8-4-5-9-19(17)21(28)26-12-14-27(15-13-26)22-23-18(2)16-20(24-22)25-10-6-3-7-11-25/h4-5,8-9,16H,3,6-7,10-15H2,1-2H3. The van der Waals surface area contributed by atoms with Crippen LogP contribution in [0.4, 0.5) is 11.8 Å². The molecule has 0 bridgehead atoms. The van der Waals surface area contributed by atoms with Gasteiger partial charge < -0.3 is 14.7 Å². The molecule has 2 aromatic rings. The van der Waals surface area contributed by atoms with Crippen molar-refractivity contribution in [2.45, 2.75) is 33.1 Å². The average molecular weight is 380 g/mol. The fraction of sp³-hybridized carbons (Fsp3) is 0.500. The highest BCUT2D eigenvalue weighted by molar-refractivity contribution is 5.95. The van der Waals surface area contributed by atoms with Crippen LogP contribution in [0, 0.1) is 13.8 Å². The van der Waals surface area contributed by atoms with Gasteiger partial charge in [-0.15, -0.1) is 0 Å². The summed E-state index contributed by atoms with van der Waals surface area (Å²) in [5, 5.41) is 0. The quantitative estimate of drug-likeness (QED) is 0.820. The van der Waals surface area contributed by atoms with Gasteiger partial charge in [0, 0.05) is 56.6 Å². The number of rotatable bonds is 3. The second-order valence-electron chi connectivity index (χ2n) is 7.81. The van der Waals surface area contributed by atoms with Gasteiger partial charge in [-0.1, -0.05) is 18.2 Å². The third-order valence-corrected chi connectivity index (χ3v) is 5.73. The minimum absolute atomic E-state index is 0.122. The highest BCUT2D eigenvalue weighted by Gasteiger charge is 2.25. The molecule has 4 rings (SSSR count). The van der Waals surface area contributed by atoms with Gasteiger partial charge in [-0.05, 0) is 44.7 Å². The molecule has 2 fully saturated rings. The monoisotopic (exact) mass is 379 g/mol. The SMILES string of the molecule is Cc1cc(N2CCCCC2)nc(N2CCN(C(=O)c3ccccc3C)CC2)n1.